The van der Waals surface area contributed by atoms with Gasteiger partial charge in [-0.2, -0.15) is 0 Å². The molecule has 5 nitrogen and oxygen atoms in total. The summed E-state index contributed by atoms with van der Waals surface area (Å²) in [7, 11) is 0. The van der Waals surface area contributed by atoms with Crippen molar-refractivity contribution in [2.75, 3.05) is 18.0 Å². The van der Waals surface area contributed by atoms with Crippen LogP contribution in [-0.4, -0.2) is 28.2 Å². The van der Waals surface area contributed by atoms with E-state index in [9.17, 15) is 4.79 Å². The van der Waals surface area contributed by atoms with Crippen molar-refractivity contribution in [3.05, 3.63) is 49.4 Å². The highest BCUT2D eigenvalue weighted by atomic mass is 35.5. The maximum atomic E-state index is 12.9. The second kappa shape index (κ2) is 6.80. The first-order chi connectivity index (χ1) is 11.7. The summed E-state index contributed by atoms with van der Waals surface area (Å²) >= 11 is 18.5. The summed E-state index contributed by atoms with van der Waals surface area (Å²) in [6.07, 6.45) is 1.63. The summed E-state index contributed by atoms with van der Waals surface area (Å²) in [6, 6.07) is 4.93. The van der Waals surface area contributed by atoms with Gasteiger partial charge in [-0.15, -0.1) is 0 Å². The number of aryl methyl sites for hydroxylation is 1. The SMILES string of the molecule is Cc1nc(N2CCC(C)(N)CC2)c(Cl)c(=O)n1-c1ccc(Cl)cc1Cl. The van der Waals surface area contributed by atoms with E-state index in [-0.39, 0.29) is 16.1 Å². The fourth-order valence-corrected chi connectivity index (χ4v) is 3.72. The molecule has 0 aliphatic carbocycles. The first kappa shape index (κ1) is 18.5. The molecule has 1 aliphatic rings. The number of nitrogens with two attached hydrogens (primary N) is 1. The van der Waals surface area contributed by atoms with E-state index in [0.29, 0.717) is 40.5 Å². The predicted octanol–water partition coefficient (Wildman–Crippen LogP) is 3.82. The lowest BCUT2D eigenvalue weighted by atomic mass is 9.91. The average Bonchev–Trinajstić information content (AvgIpc) is 2.53. The Kier molecular flexibility index (Phi) is 5.04. The van der Waals surface area contributed by atoms with Crippen molar-refractivity contribution >= 4 is 40.6 Å². The molecule has 0 unspecified atom stereocenters. The van der Waals surface area contributed by atoms with Crippen molar-refractivity contribution in [3.8, 4) is 5.69 Å². The zero-order valence-corrected chi connectivity index (χ0v) is 16.3. The summed E-state index contributed by atoms with van der Waals surface area (Å²) in [6.45, 7) is 5.21. The molecule has 0 bridgehead atoms. The van der Waals surface area contributed by atoms with Gasteiger partial charge in [-0.05, 0) is 44.9 Å². The van der Waals surface area contributed by atoms with Gasteiger partial charge in [-0.3, -0.25) is 9.36 Å². The van der Waals surface area contributed by atoms with E-state index in [0.717, 1.165) is 12.8 Å². The standard InChI is InChI=1S/C17H19Cl3N4O/c1-10-22-15(23-7-5-17(2,21)6-8-23)14(20)16(25)24(10)13-4-3-11(18)9-12(13)19/h3-4,9H,5-8,21H2,1-2H3. The Bertz CT molecular complexity index is 869. The Morgan fingerprint density at radius 1 is 1.20 bits per heavy atom. The van der Waals surface area contributed by atoms with Crippen molar-refractivity contribution in [1.82, 2.24) is 9.55 Å². The monoisotopic (exact) mass is 400 g/mol. The molecule has 1 aromatic carbocycles. The minimum Gasteiger partial charge on any atom is -0.355 e. The molecule has 1 fully saturated rings. The van der Waals surface area contributed by atoms with Crippen LogP contribution in [0.4, 0.5) is 5.82 Å². The van der Waals surface area contributed by atoms with E-state index in [2.05, 4.69) is 4.98 Å². The second-order valence-electron chi connectivity index (χ2n) is 6.67. The van der Waals surface area contributed by atoms with Crippen molar-refractivity contribution in [3.63, 3.8) is 0 Å². The summed E-state index contributed by atoms with van der Waals surface area (Å²) in [4.78, 5) is 19.4. The van der Waals surface area contributed by atoms with Crippen molar-refractivity contribution in [2.24, 2.45) is 5.73 Å². The maximum Gasteiger partial charge on any atom is 0.279 e. The molecule has 0 amide bonds. The maximum absolute atomic E-state index is 12.9. The number of nitrogens with zero attached hydrogens (tertiary/aromatic N) is 3. The van der Waals surface area contributed by atoms with Crippen molar-refractivity contribution < 1.29 is 0 Å². The fourth-order valence-electron chi connectivity index (χ4n) is 2.98. The molecule has 25 heavy (non-hydrogen) atoms. The third-order valence-electron chi connectivity index (χ3n) is 4.53. The van der Waals surface area contributed by atoms with Gasteiger partial charge in [-0.1, -0.05) is 34.8 Å². The molecule has 0 saturated carbocycles. The zero-order valence-electron chi connectivity index (χ0n) is 14.0. The lowest BCUT2D eigenvalue weighted by Gasteiger charge is -2.37. The van der Waals surface area contributed by atoms with Crippen LogP contribution in [0.2, 0.25) is 15.1 Å². The van der Waals surface area contributed by atoms with Gasteiger partial charge in [0.15, 0.2) is 5.82 Å². The number of benzene rings is 1. The van der Waals surface area contributed by atoms with Crippen LogP contribution in [0, 0.1) is 6.92 Å². The highest BCUT2D eigenvalue weighted by molar-refractivity contribution is 6.36. The predicted molar refractivity (Wildman–Crippen MR) is 104 cm³/mol. The summed E-state index contributed by atoms with van der Waals surface area (Å²) in [5.74, 6) is 1.01. The van der Waals surface area contributed by atoms with Crippen LogP contribution in [0.25, 0.3) is 5.69 Å². The summed E-state index contributed by atoms with van der Waals surface area (Å²) in [5.41, 5.74) is 6.13. The molecule has 1 aliphatic heterocycles. The lowest BCUT2D eigenvalue weighted by Crippen LogP contribution is -2.49. The third-order valence-corrected chi connectivity index (χ3v) is 5.40. The van der Waals surface area contributed by atoms with Crippen LogP contribution in [0.5, 0.6) is 0 Å². The molecule has 0 spiro atoms. The first-order valence-electron chi connectivity index (χ1n) is 7.98. The number of halogens is 3. The van der Waals surface area contributed by atoms with E-state index in [1.165, 1.54) is 4.57 Å². The van der Waals surface area contributed by atoms with Gasteiger partial charge in [-0.25, -0.2) is 4.98 Å². The Balaban J connectivity index is 2.05. The number of rotatable bonds is 2. The minimum atomic E-state index is -0.352. The third kappa shape index (κ3) is 3.65. The van der Waals surface area contributed by atoms with E-state index in [1.807, 2.05) is 11.8 Å². The van der Waals surface area contributed by atoms with Crippen molar-refractivity contribution in [2.45, 2.75) is 32.2 Å². The number of hydrogen-bond donors (Lipinski definition) is 1. The smallest absolute Gasteiger partial charge is 0.279 e. The molecule has 3 rings (SSSR count). The molecule has 2 N–H and O–H groups in total. The van der Waals surface area contributed by atoms with Crippen LogP contribution >= 0.6 is 34.8 Å². The summed E-state index contributed by atoms with van der Waals surface area (Å²) < 4.78 is 1.40. The van der Waals surface area contributed by atoms with E-state index < -0.39 is 0 Å². The molecule has 1 saturated heterocycles. The molecule has 0 atom stereocenters. The molecule has 8 heteroatoms. The van der Waals surface area contributed by atoms with Crippen LogP contribution in [0.15, 0.2) is 23.0 Å². The Morgan fingerprint density at radius 3 is 2.44 bits per heavy atom. The lowest BCUT2D eigenvalue weighted by molar-refractivity contribution is 0.363. The van der Waals surface area contributed by atoms with Gasteiger partial charge in [0.05, 0.1) is 10.7 Å². The largest absolute Gasteiger partial charge is 0.355 e. The van der Waals surface area contributed by atoms with Crippen LogP contribution in [0.1, 0.15) is 25.6 Å². The van der Waals surface area contributed by atoms with Gasteiger partial charge in [0.1, 0.15) is 10.8 Å². The number of piperidine rings is 1. The van der Waals surface area contributed by atoms with E-state index in [4.69, 9.17) is 40.5 Å². The molecular weight excluding hydrogens is 383 g/mol. The molecule has 134 valence electrons. The second-order valence-corrected chi connectivity index (χ2v) is 7.90. The molecular formula is C17H19Cl3N4O. The Hall–Kier alpha value is -1.27. The first-order valence-corrected chi connectivity index (χ1v) is 9.11. The normalized spacial score (nSPS) is 17.0. The van der Waals surface area contributed by atoms with Gasteiger partial charge in [0.2, 0.25) is 0 Å². The fraction of sp³-hybridized carbons (Fsp3) is 0.412. The minimum absolute atomic E-state index is 0.0808. The van der Waals surface area contributed by atoms with Crippen molar-refractivity contribution in [1.29, 1.82) is 0 Å². The summed E-state index contributed by atoms with van der Waals surface area (Å²) in [5, 5.41) is 0.936. The highest BCUT2D eigenvalue weighted by Crippen LogP contribution is 2.29. The van der Waals surface area contributed by atoms with Gasteiger partial charge >= 0.3 is 0 Å². The van der Waals surface area contributed by atoms with Crippen LogP contribution in [-0.2, 0) is 0 Å². The molecule has 0 radical (unpaired) electrons. The van der Waals surface area contributed by atoms with Gasteiger partial charge in [0, 0.05) is 23.7 Å². The number of aromatic nitrogens is 2. The average molecular weight is 402 g/mol. The van der Waals surface area contributed by atoms with E-state index >= 15 is 0 Å². The zero-order chi connectivity index (χ0) is 18.4. The topological polar surface area (TPSA) is 64.2 Å². The molecule has 2 aromatic rings. The quantitative estimate of drug-likeness (QED) is 0.831. The Morgan fingerprint density at radius 2 is 1.84 bits per heavy atom. The van der Waals surface area contributed by atoms with E-state index in [1.54, 1.807) is 25.1 Å². The number of anilines is 1. The van der Waals surface area contributed by atoms with Crippen LogP contribution < -0.4 is 16.2 Å². The van der Waals surface area contributed by atoms with Gasteiger partial charge < -0.3 is 10.6 Å². The highest BCUT2D eigenvalue weighted by Gasteiger charge is 2.29. The Labute approximate surface area is 161 Å². The molecule has 1 aromatic heterocycles. The molecule has 2 heterocycles. The van der Waals surface area contributed by atoms with Gasteiger partial charge in [0.25, 0.3) is 5.56 Å². The van der Waals surface area contributed by atoms with Crippen LogP contribution in [0.3, 0.4) is 0 Å². The number of hydrogen-bond acceptors (Lipinski definition) is 4.